The molecule has 0 saturated carbocycles. The van der Waals surface area contributed by atoms with Gasteiger partial charge in [-0.2, -0.15) is 0 Å². The molecule has 0 aromatic heterocycles. The van der Waals surface area contributed by atoms with E-state index in [2.05, 4.69) is 20.4 Å². The second-order valence-corrected chi connectivity index (χ2v) is 9.55. The van der Waals surface area contributed by atoms with Crippen LogP contribution in [0.25, 0.3) is 5.76 Å². The zero-order valence-electron chi connectivity index (χ0n) is 21.4. The third kappa shape index (κ3) is 5.82. The first kappa shape index (κ1) is 26.2. The summed E-state index contributed by atoms with van der Waals surface area (Å²) in [6.07, 6.45) is 2.38. The maximum atomic E-state index is 13.2. The number of aryl methyl sites for hydroxylation is 1. The number of nitrogens with zero attached hydrogens (tertiary/aromatic N) is 2. The molecular weight excluding hydrogens is 440 g/mol. The SMILES string of the molecule is C=CCOc1ccc(/C(O)=C2\C(=O)C(=O)N(CCCN(C)C)C2c2ccc(C(C)C)cc2)cc1C. The molecule has 2 aromatic carbocycles. The monoisotopic (exact) mass is 476 g/mol. The third-order valence-electron chi connectivity index (χ3n) is 6.27. The van der Waals surface area contributed by atoms with Gasteiger partial charge in [-0.15, -0.1) is 0 Å². The molecule has 0 radical (unpaired) electrons. The summed E-state index contributed by atoms with van der Waals surface area (Å²) in [6, 6.07) is 12.5. The molecule has 1 aliphatic heterocycles. The average Bonchev–Trinajstić information content (AvgIpc) is 3.07. The van der Waals surface area contributed by atoms with Gasteiger partial charge < -0.3 is 19.6 Å². The first-order valence-electron chi connectivity index (χ1n) is 12.0. The molecule has 35 heavy (non-hydrogen) atoms. The van der Waals surface area contributed by atoms with Gasteiger partial charge in [0.25, 0.3) is 11.7 Å². The van der Waals surface area contributed by atoms with Crippen LogP contribution in [0.15, 0.2) is 60.7 Å². The zero-order chi connectivity index (χ0) is 25.7. The van der Waals surface area contributed by atoms with Crippen LogP contribution in [-0.2, 0) is 9.59 Å². The minimum atomic E-state index is -0.657. The maximum Gasteiger partial charge on any atom is 0.295 e. The summed E-state index contributed by atoms with van der Waals surface area (Å²) in [5, 5.41) is 11.3. The van der Waals surface area contributed by atoms with Gasteiger partial charge >= 0.3 is 0 Å². The van der Waals surface area contributed by atoms with Gasteiger partial charge in [-0.05, 0) is 74.8 Å². The Morgan fingerprint density at radius 3 is 2.43 bits per heavy atom. The molecule has 0 aliphatic carbocycles. The summed E-state index contributed by atoms with van der Waals surface area (Å²) < 4.78 is 5.64. The quantitative estimate of drug-likeness (QED) is 0.225. The van der Waals surface area contributed by atoms with E-state index in [1.54, 1.807) is 29.2 Å². The third-order valence-corrected chi connectivity index (χ3v) is 6.27. The van der Waals surface area contributed by atoms with Gasteiger partial charge in [0.05, 0.1) is 11.6 Å². The number of hydrogen-bond donors (Lipinski definition) is 1. The molecule has 186 valence electrons. The van der Waals surface area contributed by atoms with Crippen LogP contribution in [0.1, 0.15) is 54.5 Å². The Balaban J connectivity index is 2.07. The number of ketones is 1. The van der Waals surface area contributed by atoms with Gasteiger partial charge in [0.15, 0.2) is 0 Å². The number of aliphatic hydroxyl groups excluding tert-OH is 1. The fourth-order valence-corrected chi connectivity index (χ4v) is 4.34. The number of carbonyl (C=O) groups excluding carboxylic acids is 2. The number of hydrogen-bond acceptors (Lipinski definition) is 5. The second kappa shape index (κ2) is 11.4. The predicted octanol–water partition coefficient (Wildman–Crippen LogP) is 5.06. The van der Waals surface area contributed by atoms with Crippen molar-refractivity contribution in [3.8, 4) is 5.75 Å². The summed E-state index contributed by atoms with van der Waals surface area (Å²) in [5.41, 5.74) is 3.39. The lowest BCUT2D eigenvalue weighted by atomic mass is 9.93. The van der Waals surface area contributed by atoms with E-state index in [1.165, 1.54) is 5.56 Å². The second-order valence-electron chi connectivity index (χ2n) is 9.55. The highest BCUT2D eigenvalue weighted by molar-refractivity contribution is 6.46. The van der Waals surface area contributed by atoms with Gasteiger partial charge in [-0.25, -0.2) is 0 Å². The molecule has 0 bridgehead atoms. The molecule has 1 fully saturated rings. The Morgan fingerprint density at radius 2 is 1.86 bits per heavy atom. The molecule has 6 heteroatoms. The molecule has 1 N–H and O–H groups in total. The molecule has 1 atom stereocenters. The lowest BCUT2D eigenvalue weighted by Gasteiger charge is -2.26. The Hall–Kier alpha value is -3.38. The van der Waals surface area contributed by atoms with Gasteiger partial charge in [0.2, 0.25) is 0 Å². The average molecular weight is 477 g/mol. The largest absolute Gasteiger partial charge is 0.507 e. The van der Waals surface area contributed by atoms with Crippen molar-refractivity contribution in [3.05, 3.63) is 82.9 Å². The summed E-state index contributed by atoms with van der Waals surface area (Å²) in [4.78, 5) is 30.0. The maximum absolute atomic E-state index is 13.2. The van der Waals surface area contributed by atoms with E-state index in [-0.39, 0.29) is 11.3 Å². The number of ether oxygens (including phenoxy) is 1. The van der Waals surface area contributed by atoms with Crippen LogP contribution < -0.4 is 4.74 Å². The number of benzene rings is 2. The van der Waals surface area contributed by atoms with E-state index in [0.29, 0.717) is 30.4 Å². The van der Waals surface area contributed by atoms with Gasteiger partial charge in [0, 0.05) is 12.1 Å². The Kier molecular flexibility index (Phi) is 8.52. The molecule has 2 aromatic rings. The fraction of sp³-hybridized carbons (Fsp3) is 0.379. The van der Waals surface area contributed by atoms with E-state index in [0.717, 1.165) is 24.1 Å². The number of likely N-dealkylation sites (tertiary alicyclic amines) is 1. The van der Waals surface area contributed by atoms with Crippen molar-refractivity contribution in [2.24, 2.45) is 0 Å². The van der Waals surface area contributed by atoms with Crippen molar-refractivity contribution in [1.82, 2.24) is 9.80 Å². The smallest absolute Gasteiger partial charge is 0.295 e. The lowest BCUT2D eigenvalue weighted by molar-refractivity contribution is -0.139. The molecular formula is C29H36N2O4. The summed E-state index contributed by atoms with van der Waals surface area (Å²) in [6.45, 7) is 11.3. The van der Waals surface area contributed by atoms with Crippen LogP contribution in [0, 0.1) is 6.92 Å². The van der Waals surface area contributed by atoms with Crippen LogP contribution in [0.5, 0.6) is 5.75 Å². The van der Waals surface area contributed by atoms with Crippen molar-refractivity contribution in [2.75, 3.05) is 33.8 Å². The van der Waals surface area contributed by atoms with Crippen LogP contribution in [0.2, 0.25) is 0 Å². The number of aliphatic hydroxyl groups is 1. The number of Topliss-reactive ketones (excluding diaryl/α,β-unsaturated/α-hetero) is 1. The van der Waals surface area contributed by atoms with Crippen molar-refractivity contribution < 1.29 is 19.4 Å². The summed E-state index contributed by atoms with van der Waals surface area (Å²) in [7, 11) is 3.95. The topological polar surface area (TPSA) is 70.1 Å². The van der Waals surface area contributed by atoms with Crippen molar-refractivity contribution >= 4 is 17.4 Å². The van der Waals surface area contributed by atoms with E-state index >= 15 is 0 Å². The van der Waals surface area contributed by atoms with E-state index in [4.69, 9.17) is 4.74 Å². The number of carbonyl (C=O) groups is 2. The molecule has 1 heterocycles. The molecule has 1 unspecified atom stereocenters. The molecule has 3 rings (SSSR count). The number of amides is 1. The molecule has 1 saturated heterocycles. The standard InChI is InChI=1S/C29H36N2O4/c1-7-17-35-24-14-13-23(18-20(24)4)27(32)25-26(22-11-9-21(10-12-22)19(2)3)31(29(34)28(25)33)16-8-15-30(5)6/h7,9-14,18-19,26,32H,1,8,15-17H2,2-6H3/b27-25+. The Morgan fingerprint density at radius 1 is 1.17 bits per heavy atom. The zero-order valence-corrected chi connectivity index (χ0v) is 21.4. The van der Waals surface area contributed by atoms with Gasteiger partial charge in [-0.1, -0.05) is 50.8 Å². The van der Waals surface area contributed by atoms with Crippen molar-refractivity contribution in [2.45, 2.75) is 39.2 Å². The van der Waals surface area contributed by atoms with E-state index < -0.39 is 17.7 Å². The first-order chi connectivity index (χ1) is 16.6. The minimum Gasteiger partial charge on any atom is -0.507 e. The normalized spacial score (nSPS) is 17.5. The first-order valence-corrected chi connectivity index (χ1v) is 12.0. The molecule has 1 aliphatic rings. The van der Waals surface area contributed by atoms with Gasteiger partial charge in [-0.3, -0.25) is 9.59 Å². The van der Waals surface area contributed by atoms with Crippen LogP contribution >= 0.6 is 0 Å². The summed E-state index contributed by atoms with van der Waals surface area (Å²) in [5.74, 6) is -0.373. The minimum absolute atomic E-state index is 0.122. The van der Waals surface area contributed by atoms with E-state index in [1.807, 2.05) is 50.2 Å². The molecule has 1 amide bonds. The van der Waals surface area contributed by atoms with Crippen LogP contribution in [0.4, 0.5) is 0 Å². The highest BCUT2D eigenvalue weighted by Crippen LogP contribution is 2.40. The lowest BCUT2D eigenvalue weighted by Crippen LogP contribution is -2.32. The highest BCUT2D eigenvalue weighted by atomic mass is 16.5. The molecule has 0 spiro atoms. The van der Waals surface area contributed by atoms with Gasteiger partial charge in [0.1, 0.15) is 18.1 Å². The van der Waals surface area contributed by atoms with Crippen molar-refractivity contribution in [3.63, 3.8) is 0 Å². The van der Waals surface area contributed by atoms with E-state index in [9.17, 15) is 14.7 Å². The van der Waals surface area contributed by atoms with Crippen molar-refractivity contribution in [1.29, 1.82) is 0 Å². The van der Waals surface area contributed by atoms with Crippen LogP contribution in [-0.4, -0.2) is 60.4 Å². The Bertz CT molecular complexity index is 1120. The Labute approximate surface area is 208 Å². The highest BCUT2D eigenvalue weighted by Gasteiger charge is 2.45. The summed E-state index contributed by atoms with van der Waals surface area (Å²) >= 11 is 0. The molecule has 6 nitrogen and oxygen atoms in total. The predicted molar refractivity (Wildman–Crippen MR) is 140 cm³/mol. The van der Waals surface area contributed by atoms with Crippen LogP contribution in [0.3, 0.4) is 0 Å². The number of rotatable bonds is 10. The fourth-order valence-electron chi connectivity index (χ4n) is 4.34.